The topological polar surface area (TPSA) is 117 Å². The Morgan fingerprint density at radius 3 is 2.54 bits per heavy atom. The zero-order chi connectivity index (χ0) is 20.7. The average molecular weight is 393 g/mol. The molecule has 1 heterocycles. The third kappa shape index (κ3) is 6.12. The number of morpholine rings is 1. The highest BCUT2D eigenvalue weighted by atomic mass is 16.5. The Hall–Kier alpha value is -2.81. The van der Waals surface area contributed by atoms with E-state index >= 15 is 0 Å². The molecule has 1 saturated heterocycles. The van der Waals surface area contributed by atoms with Gasteiger partial charge in [0.15, 0.2) is 0 Å². The minimum Gasteiger partial charge on any atom is -0.481 e. The molecular formula is C19H27N3O6. The van der Waals surface area contributed by atoms with Crippen LogP contribution in [0.2, 0.25) is 0 Å². The second-order valence-electron chi connectivity index (χ2n) is 7.18. The van der Waals surface area contributed by atoms with Crippen molar-refractivity contribution in [3.63, 3.8) is 0 Å². The number of amides is 2. The van der Waals surface area contributed by atoms with Gasteiger partial charge in [0.1, 0.15) is 0 Å². The number of hydrogen-bond acceptors (Lipinski definition) is 6. The summed E-state index contributed by atoms with van der Waals surface area (Å²) in [5.74, 6) is -1.49. The fraction of sp³-hybridized carbons (Fsp3) is 0.526. The molecule has 3 N–H and O–H groups in total. The van der Waals surface area contributed by atoms with Crippen LogP contribution < -0.4 is 15.5 Å². The molecule has 0 atom stereocenters. The quantitative estimate of drug-likeness (QED) is 0.607. The number of aliphatic carboxylic acids is 1. The molecule has 2 rings (SSSR count). The maximum Gasteiger partial charge on any atom is 0.340 e. The maximum absolute atomic E-state index is 12.4. The molecule has 0 saturated carbocycles. The monoisotopic (exact) mass is 393 g/mol. The van der Waals surface area contributed by atoms with Crippen molar-refractivity contribution < 1.29 is 29.0 Å². The lowest BCUT2D eigenvalue weighted by molar-refractivity contribution is -0.137. The number of carbonyl (C=O) groups is 3. The summed E-state index contributed by atoms with van der Waals surface area (Å²) in [6.45, 7) is 6.12. The van der Waals surface area contributed by atoms with E-state index in [2.05, 4.69) is 15.5 Å². The van der Waals surface area contributed by atoms with Gasteiger partial charge in [-0.1, -0.05) is 0 Å². The Bertz CT molecular complexity index is 728. The number of carboxylic acid groups (broad SMARTS) is 1. The van der Waals surface area contributed by atoms with Crippen molar-refractivity contribution in [1.29, 1.82) is 0 Å². The molecular weight excluding hydrogens is 366 g/mol. The summed E-state index contributed by atoms with van der Waals surface area (Å²) in [5.41, 5.74) is 0.679. The second kappa shape index (κ2) is 9.41. The number of methoxy groups -OCH3 is 1. The molecule has 1 aliphatic heterocycles. The SMILES string of the molecule is COC(=O)c1cc(N2CCOCC2)ccc1NC(=O)NC(C)(C)CCC(=O)O. The van der Waals surface area contributed by atoms with Crippen molar-refractivity contribution >= 4 is 29.3 Å². The fourth-order valence-electron chi connectivity index (χ4n) is 2.88. The molecule has 0 spiro atoms. The van der Waals surface area contributed by atoms with E-state index in [-0.39, 0.29) is 18.4 Å². The van der Waals surface area contributed by atoms with Gasteiger partial charge in [-0.15, -0.1) is 0 Å². The molecule has 9 heteroatoms. The van der Waals surface area contributed by atoms with Crippen molar-refractivity contribution in [2.45, 2.75) is 32.2 Å². The summed E-state index contributed by atoms with van der Waals surface area (Å²) in [4.78, 5) is 37.4. The largest absolute Gasteiger partial charge is 0.481 e. The van der Waals surface area contributed by atoms with Crippen molar-refractivity contribution in [3.05, 3.63) is 23.8 Å². The van der Waals surface area contributed by atoms with Crippen LogP contribution in [0.5, 0.6) is 0 Å². The third-order valence-electron chi connectivity index (χ3n) is 4.45. The van der Waals surface area contributed by atoms with Crippen LogP contribution in [0.25, 0.3) is 0 Å². The number of nitrogens with one attached hydrogen (secondary N) is 2. The number of ether oxygens (including phenoxy) is 2. The molecule has 0 radical (unpaired) electrons. The molecule has 1 fully saturated rings. The third-order valence-corrected chi connectivity index (χ3v) is 4.45. The number of rotatable bonds is 7. The molecule has 28 heavy (non-hydrogen) atoms. The summed E-state index contributed by atoms with van der Waals surface area (Å²) in [6.07, 6.45) is 0.213. The van der Waals surface area contributed by atoms with Crippen molar-refractivity contribution in [1.82, 2.24) is 5.32 Å². The van der Waals surface area contributed by atoms with E-state index in [9.17, 15) is 14.4 Å². The Balaban J connectivity index is 2.13. The Kier molecular flexibility index (Phi) is 7.22. The van der Waals surface area contributed by atoms with Crippen molar-refractivity contribution in [2.24, 2.45) is 0 Å². The Morgan fingerprint density at radius 1 is 1.25 bits per heavy atom. The molecule has 0 aliphatic carbocycles. The summed E-state index contributed by atoms with van der Waals surface area (Å²) in [7, 11) is 1.28. The number of benzene rings is 1. The molecule has 1 aromatic carbocycles. The molecule has 154 valence electrons. The average Bonchev–Trinajstić information content (AvgIpc) is 2.66. The molecule has 0 aromatic heterocycles. The summed E-state index contributed by atoms with van der Waals surface area (Å²) in [5, 5.41) is 14.2. The number of hydrogen-bond donors (Lipinski definition) is 3. The minimum atomic E-state index is -0.929. The van der Waals surface area contributed by atoms with Crippen LogP contribution in [0.4, 0.5) is 16.2 Å². The first-order valence-corrected chi connectivity index (χ1v) is 9.08. The van der Waals surface area contributed by atoms with E-state index in [1.807, 2.05) is 6.07 Å². The first kappa shape index (κ1) is 21.5. The number of nitrogens with zero attached hydrogens (tertiary/aromatic N) is 1. The molecule has 2 amide bonds. The Labute approximate surface area is 164 Å². The fourth-order valence-corrected chi connectivity index (χ4v) is 2.88. The molecule has 1 aliphatic rings. The lowest BCUT2D eigenvalue weighted by atomic mass is 9.99. The highest BCUT2D eigenvalue weighted by Gasteiger charge is 2.23. The second-order valence-corrected chi connectivity index (χ2v) is 7.18. The van der Waals surface area contributed by atoms with E-state index in [0.29, 0.717) is 32.0 Å². The summed E-state index contributed by atoms with van der Waals surface area (Å²) >= 11 is 0. The first-order valence-electron chi connectivity index (χ1n) is 9.08. The van der Waals surface area contributed by atoms with Gasteiger partial charge in [-0.2, -0.15) is 0 Å². The van der Waals surface area contributed by atoms with Gasteiger partial charge in [0, 0.05) is 30.7 Å². The van der Waals surface area contributed by atoms with Crippen LogP contribution >= 0.6 is 0 Å². The van der Waals surface area contributed by atoms with Gasteiger partial charge in [-0.25, -0.2) is 9.59 Å². The van der Waals surface area contributed by atoms with E-state index in [1.54, 1.807) is 26.0 Å². The standard InChI is InChI=1S/C19H27N3O6/c1-19(2,7-6-16(23)24)21-18(26)20-15-5-4-13(12-14(15)17(25)27-3)22-8-10-28-11-9-22/h4-5,12H,6-11H2,1-3H3,(H,23,24)(H2,20,21,26). The highest BCUT2D eigenvalue weighted by molar-refractivity contribution is 6.01. The van der Waals surface area contributed by atoms with Gasteiger partial charge in [0.25, 0.3) is 0 Å². The molecule has 9 nitrogen and oxygen atoms in total. The predicted octanol–water partition coefficient (Wildman–Crippen LogP) is 2.07. The van der Waals surface area contributed by atoms with Crippen LogP contribution in [0, 0.1) is 0 Å². The van der Waals surface area contributed by atoms with Gasteiger partial charge >= 0.3 is 18.0 Å². The number of esters is 1. The van der Waals surface area contributed by atoms with Gasteiger partial charge in [0.2, 0.25) is 0 Å². The van der Waals surface area contributed by atoms with Gasteiger partial charge in [0.05, 0.1) is 31.6 Å². The van der Waals surface area contributed by atoms with Gasteiger partial charge in [-0.3, -0.25) is 4.79 Å². The van der Waals surface area contributed by atoms with Crippen molar-refractivity contribution in [3.8, 4) is 0 Å². The molecule has 1 aromatic rings. The number of urea groups is 1. The smallest absolute Gasteiger partial charge is 0.340 e. The van der Waals surface area contributed by atoms with E-state index < -0.39 is 23.5 Å². The minimum absolute atomic E-state index is 0.0606. The van der Waals surface area contributed by atoms with Crippen LogP contribution in [-0.2, 0) is 14.3 Å². The van der Waals surface area contributed by atoms with Crippen LogP contribution in [-0.4, -0.2) is 62.0 Å². The number of carboxylic acids is 1. The Morgan fingerprint density at radius 2 is 1.93 bits per heavy atom. The van der Waals surface area contributed by atoms with Crippen LogP contribution in [0.3, 0.4) is 0 Å². The normalized spacial score (nSPS) is 14.3. The van der Waals surface area contributed by atoms with Crippen LogP contribution in [0.1, 0.15) is 37.0 Å². The van der Waals surface area contributed by atoms with E-state index in [0.717, 1.165) is 5.69 Å². The molecule has 0 unspecified atom stereocenters. The van der Waals surface area contributed by atoms with E-state index in [4.69, 9.17) is 14.6 Å². The first-order chi connectivity index (χ1) is 13.2. The summed E-state index contributed by atoms with van der Waals surface area (Å²) < 4.78 is 10.2. The van der Waals surface area contributed by atoms with Crippen molar-refractivity contribution in [2.75, 3.05) is 43.6 Å². The lowest BCUT2D eigenvalue weighted by Crippen LogP contribution is -2.46. The lowest BCUT2D eigenvalue weighted by Gasteiger charge is -2.29. The zero-order valence-electron chi connectivity index (χ0n) is 16.4. The van der Waals surface area contributed by atoms with Crippen LogP contribution in [0.15, 0.2) is 18.2 Å². The number of carbonyl (C=O) groups excluding carboxylic acids is 2. The summed E-state index contributed by atoms with van der Waals surface area (Å²) in [6, 6.07) is 4.63. The van der Waals surface area contributed by atoms with Gasteiger partial charge < -0.3 is 30.1 Å². The zero-order valence-corrected chi connectivity index (χ0v) is 16.4. The highest BCUT2D eigenvalue weighted by Crippen LogP contribution is 2.25. The van der Waals surface area contributed by atoms with E-state index in [1.165, 1.54) is 7.11 Å². The van der Waals surface area contributed by atoms with Gasteiger partial charge in [-0.05, 0) is 38.5 Å². The predicted molar refractivity (Wildman–Crippen MR) is 104 cm³/mol. The molecule has 0 bridgehead atoms. The maximum atomic E-state index is 12.4. The number of anilines is 2.